The highest BCUT2D eigenvalue weighted by atomic mass is 32.2. The summed E-state index contributed by atoms with van der Waals surface area (Å²) in [6.45, 7) is 1.84. The van der Waals surface area contributed by atoms with Crippen LogP contribution in [-0.2, 0) is 4.79 Å². The standard InChI is InChI=1S/C13H13N5O2S/c1-8(12-14-7-15-18-12)16-11(19)6-21-13-17-9-4-2-3-5-10(9)20-13/h2-5,7-8H,6H2,1H3,(H,16,19)(H,14,15,18). The van der Waals surface area contributed by atoms with E-state index in [1.165, 1.54) is 18.1 Å². The van der Waals surface area contributed by atoms with E-state index in [0.717, 1.165) is 11.1 Å². The number of H-pyrrole nitrogens is 1. The lowest BCUT2D eigenvalue weighted by atomic mass is 10.3. The van der Waals surface area contributed by atoms with Gasteiger partial charge in [0.15, 0.2) is 5.58 Å². The first-order valence-corrected chi connectivity index (χ1v) is 7.34. The van der Waals surface area contributed by atoms with Crippen molar-refractivity contribution in [2.24, 2.45) is 0 Å². The molecule has 21 heavy (non-hydrogen) atoms. The molecule has 0 aliphatic rings. The molecule has 0 saturated heterocycles. The first-order chi connectivity index (χ1) is 10.2. The van der Waals surface area contributed by atoms with Gasteiger partial charge in [-0.2, -0.15) is 5.10 Å². The van der Waals surface area contributed by atoms with E-state index in [-0.39, 0.29) is 17.7 Å². The van der Waals surface area contributed by atoms with Gasteiger partial charge in [-0.1, -0.05) is 23.9 Å². The number of amides is 1. The summed E-state index contributed by atoms with van der Waals surface area (Å²) in [5, 5.41) is 9.78. The maximum atomic E-state index is 11.9. The highest BCUT2D eigenvalue weighted by molar-refractivity contribution is 7.99. The van der Waals surface area contributed by atoms with Gasteiger partial charge >= 0.3 is 0 Å². The molecule has 0 fully saturated rings. The Morgan fingerprint density at radius 1 is 1.48 bits per heavy atom. The second-order valence-electron chi connectivity index (χ2n) is 4.40. The lowest BCUT2D eigenvalue weighted by molar-refractivity contribution is -0.119. The van der Waals surface area contributed by atoms with Gasteiger partial charge in [0.2, 0.25) is 5.91 Å². The van der Waals surface area contributed by atoms with E-state index in [0.29, 0.717) is 11.0 Å². The fourth-order valence-electron chi connectivity index (χ4n) is 1.82. The van der Waals surface area contributed by atoms with Crippen LogP contribution in [0, 0.1) is 0 Å². The Morgan fingerprint density at radius 3 is 3.10 bits per heavy atom. The molecule has 0 aliphatic carbocycles. The Hall–Kier alpha value is -2.35. The van der Waals surface area contributed by atoms with Gasteiger partial charge in [-0.3, -0.25) is 9.89 Å². The Labute approximate surface area is 124 Å². The van der Waals surface area contributed by atoms with Crippen LogP contribution in [0.3, 0.4) is 0 Å². The fraction of sp³-hybridized carbons (Fsp3) is 0.231. The van der Waals surface area contributed by atoms with Crippen LogP contribution in [0.5, 0.6) is 0 Å². The summed E-state index contributed by atoms with van der Waals surface area (Å²) >= 11 is 1.26. The van der Waals surface area contributed by atoms with Gasteiger partial charge in [-0.05, 0) is 19.1 Å². The van der Waals surface area contributed by atoms with Crippen molar-refractivity contribution in [3.05, 3.63) is 36.4 Å². The number of oxazole rings is 1. The SMILES string of the molecule is CC(NC(=O)CSc1nc2ccccc2o1)c1ncn[nH]1. The maximum absolute atomic E-state index is 11.9. The average Bonchev–Trinajstić information content (AvgIpc) is 3.14. The average molecular weight is 303 g/mol. The number of aromatic amines is 1. The summed E-state index contributed by atoms with van der Waals surface area (Å²) in [7, 11) is 0. The second kappa shape index (κ2) is 5.96. The van der Waals surface area contributed by atoms with Gasteiger partial charge in [0, 0.05) is 0 Å². The summed E-state index contributed by atoms with van der Waals surface area (Å²) in [6, 6.07) is 7.27. The molecule has 2 aromatic heterocycles. The third-order valence-electron chi connectivity index (χ3n) is 2.82. The van der Waals surface area contributed by atoms with Crippen LogP contribution in [0.4, 0.5) is 0 Å². The van der Waals surface area contributed by atoms with Gasteiger partial charge < -0.3 is 9.73 Å². The van der Waals surface area contributed by atoms with Crippen LogP contribution in [-0.4, -0.2) is 31.8 Å². The van der Waals surface area contributed by atoms with Gasteiger partial charge in [0.25, 0.3) is 5.22 Å². The Morgan fingerprint density at radius 2 is 2.33 bits per heavy atom. The molecule has 2 heterocycles. The van der Waals surface area contributed by atoms with Crippen molar-refractivity contribution in [2.45, 2.75) is 18.2 Å². The number of para-hydroxylation sites is 2. The molecule has 3 rings (SSSR count). The number of rotatable bonds is 5. The van der Waals surface area contributed by atoms with E-state index < -0.39 is 0 Å². The van der Waals surface area contributed by atoms with Crippen LogP contribution in [0.2, 0.25) is 0 Å². The zero-order valence-electron chi connectivity index (χ0n) is 11.2. The van der Waals surface area contributed by atoms with Crippen LogP contribution >= 0.6 is 11.8 Å². The van der Waals surface area contributed by atoms with Crippen LogP contribution < -0.4 is 5.32 Å². The van der Waals surface area contributed by atoms with Crippen molar-refractivity contribution in [3.8, 4) is 0 Å². The number of fused-ring (bicyclic) bond motifs is 1. The predicted octanol–water partition coefficient (Wildman–Crippen LogP) is 1.92. The minimum Gasteiger partial charge on any atom is -0.431 e. The molecule has 1 amide bonds. The normalized spacial score (nSPS) is 12.4. The zero-order chi connectivity index (χ0) is 14.7. The largest absolute Gasteiger partial charge is 0.431 e. The van der Waals surface area contributed by atoms with E-state index in [1.54, 1.807) is 0 Å². The minimum atomic E-state index is -0.218. The summed E-state index contributed by atoms with van der Waals surface area (Å²) in [5.74, 6) is 0.729. The maximum Gasteiger partial charge on any atom is 0.257 e. The van der Waals surface area contributed by atoms with Crippen molar-refractivity contribution in [3.63, 3.8) is 0 Å². The summed E-state index contributed by atoms with van der Waals surface area (Å²) in [5.41, 5.74) is 1.51. The molecule has 0 spiro atoms. The van der Waals surface area contributed by atoms with E-state index in [4.69, 9.17) is 4.42 Å². The van der Waals surface area contributed by atoms with Crippen molar-refractivity contribution in [1.29, 1.82) is 0 Å². The van der Waals surface area contributed by atoms with E-state index in [9.17, 15) is 4.79 Å². The zero-order valence-corrected chi connectivity index (χ0v) is 12.1. The number of carbonyl (C=O) groups excluding carboxylic acids is 1. The van der Waals surface area contributed by atoms with Crippen LogP contribution in [0.25, 0.3) is 11.1 Å². The molecule has 0 saturated carbocycles. The molecule has 1 aromatic carbocycles. The number of benzene rings is 1. The summed E-state index contributed by atoms with van der Waals surface area (Å²) < 4.78 is 5.54. The molecule has 108 valence electrons. The van der Waals surface area contributed by atoms with Crippen molar-refractivity contribution >= 4 is 28.8 Å². The fourth-order valence-corrected chi connectivity index (χ4v) is 2.46. The number of thioether (sulfide) groups is 1. The molecule has 1 atom stereocenters. The number of aromatic nitrogens is 4. The number of hydrogen-bond acceptors (Lipinski definition) is 6. The number of carbonyl (C=O) groups is 1. The summed E-state index contributed by atoms with van der Waals surface area (Å²) in [4.78, 5) is 20.2. The molecular weight excluding hydrogens is 290 g/mol. The van der Waals surface area contributed by atoms with Gasteiger partial charge in [-0.15, -0.1) is 0 Å². The summed E-state index contributed by atoms with van der Waals surface area (Å²) in [6.07, 6.45) is 1.41. The Bertz CT molecular complexity index is 707. The van der Waals surface area contributed by atoms with Gasteiger partial charge in [0.1, 0.15) is 17.7 Å². The van der Waals surface area contributed by atoms with E-state index in [2.05, 4.69) is 25.5 Å². The molecule has 2 N–H and O–H groups in total. The highest BCUT2D eigenvalue weighted by Gasteiger charge is 2.13. The molecule has 8 heteroatoms. The first kappa shape index (κ1) is 13.6. The highest BCUT2D eigenvalue weighted by Crippen LogP contribution is 2.22. The lowest BCUT2D eigenvalue weighted by Crippen LogP contribution is -2.28. The molecule has 0 bridgehead atoms. The van der Waals surface area contributed by atoms with Gasteiger partial charge in [-0.25, -0.2) is 9.97 Å². The quantitative estimate of drug-likeness (QED) is 0.699. The van der Waals surface area contributed by atoms with Crippen LogP contribution in [0.15, 0.2) is 40.2 Å². The molecule has 0 radical (unpaired) electrons. The minimum absolute atomic E-state index is 0.119. The second-order valence-corrected chi connectivity index (χ2v) is 5.32. The topological polar surface area (TPSA) is 96.7 Å². The molecule has 0 aliphatic heterocycles. The number of hydrogen-bond donors (Lipinski definition) is 2. The third kappa shape index (κ3) is 3.22. The number of nitrogens with one attached hydrogen (secondary N) is 2. The van der Waals surface area contributed by atoms with Crippen molar-refractivity contribution in [1.82, 2.24) is 25.5 Å². The van der Waals surface area contributed by atoms with Crippen molar-refractivity contribution in [2.75, 3.05) is 5.75 Å². The monoisotopic (exact) mass is 303 g/mol. The Balaban J connectivity index is 1.56. The Kier molecular flexibility index (Phi) is 3.87. The smallest absolute Gasteiger partial charge is 0.257 e. The molecule has 7 nitrogen and oxygen atoms in total. The van der Waals surface area contributed by atoms with Crippen LogP contribution in [0.1, 0.15) is 18.8 Å². The lowest BCUT2D eigenvalue weighted by Gasteiger charge is -2.09. The third-order valence-corrected chi connectivity index (χ3v) is 3.65. The molecule has 3 aromatic rings. The molecule has 1 unspecified atom stereocenters. The first-order valence-electron chi connectivity index (χ1n) is 6.35. The predicted molar refractivity (Wildman–Crippen MR) is 77.7 cm³/mol. The molecular formula is C13H13N5O2S. The van der Waals surface area contributed by atoms with Gasteiger partial charge in [0.05, 0.1) is 11.8 Å². The van der Waals surface area contributed by atoms with Crippen molar-refractivity contribution < 1.29 is 9.21 Å². The van der Waals surface area contributed by atoms with E-state index >= 15 is 0 Å². The van der Waals surface area contributed by atoms with E-state index in [1.807, 2.05) is 31.2 Å². The number of nitrogens with zero attached hydrogens (tertiary/aromatic N) is 3.